The standard InChI is InChI=1S/C17H23N3/c1-12-7-6-10-14(11-12)15-16(18)20(2)17(19-15)13-8-4-3-5-9-13/h6-7,10-11,13H,3-5,8-9,18H2,1-2H3. The summed E-state index contributed by atoms with van der Waals surface area (Å²) in [4.78, 5) is 4.88. The van der Waals surface area contributed by atoms with Gasteiger partial charge in [0.2, 0.25) is 0 Å². The molecule has 1 fully saturated rings. The molecule has 0 radical (unpaired) electrons. The van der Waals surface area contributed by atoms with Crippen molar-refractivity contribution < 1.29 is 0 Å². The van der Waals surface area contributed by atoms with Crippen LogP contribution >= 0.6 is 0 Å². The van der Waals surface area contributed by atoms with Gasteiger partial charge in [-0.25, -0.2) is 4.98 Å². The molecule has 1 aliphatic carbocycles. The van der Waals surface area contributed by atoms with Gasteiger partial charge in [-0.2, -0.15) is 0 Å². The molecule has 3 heteroatoms. The lowest BCUT2D eigenvalue weighted by molar-refractivity contribution is 0.422. The minimum absolute atomic E-state index is 0.578. The number of aromatic nitrogens is 2. The SMILES string of the molecule is Cc1cccc(-c2nc(C3CCCCC3)n(C)c2N)c1. The third kappa shape index (κ3) is 2.33. The van der Waals surface area contributed by atoms with Gasteiger partial charge in [0.15, 0.2) is 0 Å². The summed E-state index contributed by atoms with van der Waals surface area (Å²) in [5.74, 6) is 2.53. The van der Waals surface area contributed by atoms with Crippen molar-refractivity contribution >= 4 is 5.82 Å². The number of nitrogens with zero attached hydrogens (tertiary/aromatic N) is 2. The Balaban J connectivity index is 2.01. The smallest absolute Gasteiger partial charge is 0.131 e. The van der Waals surface area contributed by atoms with Crippen molar-refractivity contribution in [3.8, 4) is 11.3 Å². The Morgan fingerprint density at radius 3 is 2.65 bits per heavy atom. The van der Waals surface area contributed by atoms with Gasteiger partial charge in [0, 0.05) is 18.5 Å². The van der Waals surface area contributed by atoms with Crippen molar-refractivity contribution in [1.82, 2.24) is 9.55 Å². The summed E-state index contributed by atoms with van der Waals surface area (Å²) in [6, 6.07) is 8.42. The highest BCUT2D eigenvalue weighted by molar-refractivity contribution is 5.71. The zero-order valence-corrected chi connectivity index (χ0v) is 12.4. The van der Waals surface area contributed by atoms with Gasteiger partial charge in [-0.3, -0.25) is 0 Å². The fourth-order valence-corrected chi connectivity index (χ4v) is 3.26. The Kier molecular flexibility index (Phi) is 3.51. The van der Waals surface area contributed by atoms with Crippen LogP contribution in [-0.2, 0) is 7.05 Å². The van der Waals surface area contributed by atoms with Gasteiger partial charge in [0.05, 0.1) is 0 Å². The van der Waals surface area contributed by atoms with Crippen LogP contribution in [-0.4, -0.2) is 9.55 Å². The molecule has 106 valence electrons. The van der Waals surface area contributed by atoms with Crippen molar-refractivity contribution in [2.45, 2.75) is 44.9 Å². The summed E-state index contributed by atoms with van der Waals surface area (Å²) in [6.45, 7) is 2.10. The highest BCUT2D eigenvalue weighted by atomic mass is 15.1. The summed E-state index contributed by atoms with van der Waals surface area (Å²) in [6.07, 6.45) is 6.49. The van der Waals surface area contributed by atoms with E-state index in [9.17, 15) is 0 Å². The van der Waals surface area contributed by atoms with Crippen LogP contribution in [0.1, 0.15) is 49.4 Å². The average Bonchev–Trinajstić information content (AvgIpc) is 2.76. The van der Waals surface area contributed by atoms with Crippen molar-refractivity contribution in [2.24, 2.45) is 7.05 Å². The molecule has 1 heterocycles. The molecule has 0 bridgehead atoms. The fraction of sp³-hybridized carbons (Fsp3) is 0.471. The number of benzene rings is 1. The van der Waals surface area contributed by atoms with E-state index in [-0.39, 0.29) is 0 Å². The van der Waals surface area contributed by atoms with Crippen molar-refractivity contribution in [3.63, 3.8) is 0 Å². The molecular formula is C17H23N3. The lowest BCUT2D eigenvalue weighted by Gasteiger charge is -2.21. The van der Waals surface area contributed by atoms with E-state index in [4.69, 9.17) is 10.7 Å². The van der Waals surface area contributed by atoms with E-state index in [1.165, 1.54) is 43.5 Å². The molecule has 20 heavy (non-hydrogen) atoms. The minimum atomic E-state index is 0.578. The first kappa shape index (κ1) is 13.2. The molecule has 3 nitrogen and oxygen atoms in total. The second kappa shape index (κ2) is 5.31. The first-order valence-corrected chi connectivity index (χ1v) is 7.56. The molecule has 1 aliphatic rings. The Morgan fingerprint density at radius 2 is 1.95 bits per heavy atom. The molecule has 0 spiro atoms. The van der Waals surface area contributed by atoms with E-state index in [1.54, 1.807) is 0 Å². The summed E-state index contributed by atoms with van der Waals surface area (Å²) < 4.78 is 2.09. The van der Waals surface area contributed by atoms with Gasteiger partial charge in [-0.1, -0.05) is 43.0 Å². The zero-order chi connectivity index (χ0) is 14.1. The average molecular weight is 269 g/mol. The fourth-order valence-electron chi connectivity index (χ4n) is 3.26. The highest BCUT2D eigenvalue weighted by Crippen LogP contribution is 2.35. The number of rotatable bonds is 2. The van der Waals surface area contributed by atoms with Crippen LogP contribution in [0.2, 0.25) is 0 Å². The van der Waals surface area contributed by atoms with E-state index < -0.39 is 0 Å². The number of imidazole rings is 1. The molecule has 2 N–H and O–H groups in total. The Morgan fingerprint density at radius 1 is 1.20 bits per heavy atom. The summed E-state index contributed by atoms with van der Waals surface area (Å²) >= 11 is 0. The molecule has 1 saturated carbocycles. The second-order valence-corrected chi connectivity index (χ2v) is 5.97. The third-order valence-electron chi connectivity index (χ3n) is 4.44. The quantitative estimate of drug-likeness (QED) is 0.894. The first-order chi connectivity index (χ1) is 9.66. The Hall–Kier alpha value is -1.77. The summed E-state index contributed by atoms with van der Waals surface area (Å²) in [5.41, 5.74) is 9.60. The number of aryl methyl sites for hydroxylation is 1. The van der Waals surface area contributed by atoms with Gasteiger partial charge in [-0.15, -0.1) is 0 Å². The molecule has 0 unspecified atom stereocenters. The van der Waals surface area contributed by atoms with Crippen molar-refractivity contribution in [3.05, 3.63) is 35.7 Å². The van der Waals surface area contributed by atoms with E-state index >= 15 is 0 Å². The third-order valence-corrected chi connectivity index (χ3v) is 4.44. The van der Waals surface area contributed by atoms with Gasteiger partial charge in [-0.05, 0) is 25.8 Å². The van der Waals surface area contributed by atoms with Crippen LogP contribution in [0.4, 0.5) is 5.82 Å². The largest absolute Gasteiger partial charge is 0.383 e. The molecular weight excluding hydrogens is 246 g/mol. The maximum absolute atomic E-state index is 6.29. The minimum Gasteiger partial charge on any atom is -0.383 e. The van der Waals surface area contributed by atoms with Gasteiger partial charge >= 0.3 is 0 Å². The number of hydrogen-bond donors (Lipinski definition) is 1. The van der Waals surface area contributed by atoms with E-state index in [0.29, 0.717) is 5.92 Å². The van der Waals surface area contributed by atoms with Crippen LogP contribution in [0, 0.1) is 6.92 Å². The number of nitrogen functional groups attached to an aromatic ring is 1. The van der Waals surface area contributed by atoms with Gasteiger partial charge < -0.3 is 10.3 Å². The molecule has 0 amide bonds. The van der Waals surface area contributed by atoms with Crippen LogP contribution in [0.15, 0.2) is 24.3 Å². The predicted molar refractivity (Wildman–Crippen MR) is 83.6 cm³/mol. The van der Waals surface area contributed by atoms with Crippen molar-refractivity contribution in [1.29, 1.82) is 0 Å². The lowest BCUT2D eigenvalue weighted by Crippen LogP contribution is -2.11. The number of nitrogens with two attached hydrogens (primary N) is 1. The number of anilines is 1. The van der Waals surface area contributed by atoms with Crippen LogP contribution in [0.5, 0.6) is 0 Å². The molecule has 2 aromatic rings. The highest BCUT2D eigenvalue weighted by Gasteiger charge is 2.23. The maximum atomic E-state index is 6.29. The molecule has 0 aliphatic heterocycles. The zero-order valence-electron chi connectivity index (χ0n) is 12.4. The van der Waals surface area contributed by atoms with E-state index in [1.807, 2.05) is 7.05 Å². The summed E-state index contributed by atoms with van der Waals surface area (Å²) in [5, 5.41) is 0. The van der Waals surface area contributed by atoms with E-state index in [2.05, 4.69) is 35.8 Å². The van der Waals surface area contributed by atoms with Crippen molar-refractivity contribution in [2.75, 3.05) is 5.73 Å². The van der Waals surface area contributed by atoms with Crippen LogP contribution in [0.25, 0.3) is 11.3 Å². The van der Waals surface area contributed by atoms with Crippen LogP contribution < -0.4 is 5.73 Å². The van der Waals surface area contributed by atoms with E-state index in [0.717, 1.165) is 17.1 Å². The molecule has 0 atom stereocenters. The predicted octanol–water partition coefficient (Wildman–Crippen LogP) is 4.03. The molecule has 1 aromatic carbocycles. The maximum Gasteiger partial charge on any atom is 0.131 e. The lowest BCUT2D eigenvalue weighted by atomic mass is 9.89. The Bertz CT molecular complexity index is 607. The second-order valence-electron chi connectivity index (χ2n) is 5.97. The molecule has 1 aromatic heterocycles. The first-order valence-electron chi connectivity index (χ1n) is 7.56. The summed E-state index contributed by atoms with van der Waals surface area (Å²) in [7, 11) is 2.05. The van der Waals surface area contributed by atoms with Gasteiger partial charge in [0.25, 0.3) is 0 Å². The molecule has 0 saturated heterocycles. The van der Waals surface area contributed by atoms with Gasteiger partial charge in [0.1, 0.15) is 17.3 Å². The monoisotopic (exact) mass is 269 g/mol. The van der Waals surface area contributed by atoms with Crippen LogP contribution in [0.3, 0.4) is 0 Å². The Labute approximate surface area is 120 Å². The topological polar surface area (TPSA) is 43.8 Å². The molecule has 3 rings (SSSR count). The number of hydrogen-bond acceptors (Lipinski definition) is 2. The normalized spacial score (nSPS) is 16.5.